The van der Waals surface area contributed by atoms with Gasteiger partial charge >= 0.3 is 12.0 Å². The number of nitrogens with zero attached hydrogens (tertiary/aromatic N) is 1. The van der Waals surface area contributed by atoms with Gasteiger partial charge < -0.3 is 24.8 Å². The summed E-state index contributed by atoms with van der Waals surface area (Å²) in [5, 5.41) is 11.7. The van der Waals surface area contributed by atoms with E-state index in [-0.39, 0.29) is 44.8 Å². The van der Waals surface area contributed by atoms with E-state index in [4.69, 9.17) is 9.47 Å². The van der Waals surface area contributed by atoms with Crippen LogP contribution in [0, 0.1) is 11.6 Å². The molecule has 2 N–H and O–H groups in total. The van der Waals surface area contributed by atoms with Gasteiger partial charge in [0.25, 0.3) is 0 Å². The number of urea groups is 1. The summed E-state index contributed by atoms with van der Waals surface area (Å²) in [7, 11) is 0. The van der Waals surface area contributed by atoms with Crippen molar-refractivity contribution in [3.8, 4) is 5.75 Å². The van der Waals surface area contributed by atoms with Gasteiger partial charge in [0.15, 0.2) is 17.7 Å². The molecule has 0 radical (unpaired) electrons. The number of alkyl halides is 2. The van der Waals surface area contributed by atoms with Crippen LogP contribution in [-0.4, -0.2) is 60.3 Å². The third-order valence-corrected chi connectivity index (χ3v) is 5.62. The Morgan fingerprint density at radius 1 is 1.03 bits per heavy atom. The van der Waals surface area contributed by atoms with E-state index in [0.29, 0.717) is 25.0 Å². The highest BCUT2D eigenvalue weighted by Crippen LogP contribution is 2.21. The maximum absolute atomic E-state index is 13.5. The average molecular weight is 543 g/mol. The van der Waals surface area contributed by atoms with Gasteiger partial charge in [0, 0.05) is 37.7 Å². The van der Waals surface area contributed by atoms with E-state index in [1.165, 1.54) is 11.0 Å². The summed E-state index contributed by atoms with van der Waals surface area (Å²) < 4.78 is 63.8. The topological polar surface area (TPSA) is 88.1 Å². The number of carbonyl (C=O) groups is 2. The molecule has 1 atom stereocenters. The average Bonchev–Trinajstić information content (AvgIpc) is 2.85. The van der Waals surface area contributed by atoms with Gasteiger partial charge in [-0.3, -0.25) is 0 Å². The first kappa shape index (κ1) is 30.9. The Hall–Kier alpha value is -3.34. The predicted molar refractivity (Wildman–Crippen MR) is 135 cm³/mol. The fourth-order valence-electron chi connectivity index (χ4n) is 3.63. The molecule has 210 valence electrons. The van der Waals surface area contributed by atoms with E-state index in [1.807, 2.05) is 0 Å². The van der Waals surface area contributed by atoms with Gasteiger partial charge in [-0.2, -0.15) is 0 Å². The summed E-state index contributed by atoms with van der Waals surface area (Å²) in [5.41, 5.74) is 0.830. The first-order valence-electron chi connectivity index (χ1n) is 12.4. The number of anilines is 1. The fraction of sp³-hybridized carbons (Fsp3) is 0.481. The molecule has 2 aromatic carbocycles. The molecule has 0 aliphatic rings. The maximum atomic E-state index is 13.5. The smallest absolute Gasteiger partial charge is 0.333 e. The van der Waals surface area contributed by atoms with Crippen molar-refractivity contribution in [2.24, 2.45) is 0 Å². The van der Waals surface area contributed by atoms with Gasteiger partial charge in [-0.15, -0.1) is 0 Å². The van der Waals surface area contributed by atoms with Crippen molar-refractivity contribution in [2.75, 3.05) is 31.6 Å². The molecule has 7 nitrogen and oxygen atoms in total. The first-order valence-corrected chi connectivity index (χ1v) is 12.4. The molecule has 0 heterocycles. The number of hydrogen-bond acceptors (Lipinski definition) is 4. The molecule has 0 aliphatic carbocycles. The van der Waals surface area contributed by atoms with Crippen molar-refractivity contribution >= 4 is 17.7 Å². The molecule has 0 aromatic heterocycles. The molecule has 38 heavy (non-hydrogen) atoms. The quantitative estimate of drug-likeness (QED) is 0.197. The van der Waals surface area contributed by atoms with Crippen molar-refractivity contribution in [3.05, 3.63) is 59.7 Å². The highest BCUT2D eigenvalue weighted by molar-refractivity contribution is 5.89. The van der Waals surface area contributed by atoms with E-state index >= 15 is 0 Å². The molecule has 0 saturated carbocycles. The molecule has 0 saturated heterocycles. The number of carboxylic acids is 1. The SMILES string of the molecule is CCOC(Cc1ccc(OCCN(CCCCCC(C)(F)F)C(=O)Nc2ccc(F)c(F)c2)cc1)C(=O)O. The molecule has 0 spiro atoms. The van der Waals surface area contributed by atoms with Crippen LogP contribution in [0.25, 0.3) is 0 Å². The number of rotatable bonds is 16. The Kier molecular flexibility index (Phi) is 12.3. The minimum Gasteiger partial charge on any atom is -0.492 e. The van der Waals surface area contributed by atoms with Crippen molar-refractivity contribution < 1.29 is 41.7 Å². The van der Waals surface area contributed by atoms with Crippen LogP contribution in [0.3, 0.4) is 0 Å². The van der Waals surface area contributed by atoms with E-state index in [1.54, 1.807) is 31.2 Å². The van der Waals surface area contributed by atoms with E-state index in [9.17, 15) is 32.3 Å². The van der Waals surface area contributed by atoms with Crippen LogP contribution in [0.4, 0.5) is 28.0 Å². The second kappa shape index (κ2) is 15.2. The molecular weight excluding hydrogens is 508 g/mol. The minimum absolute atomic E-state index is 0.0766. The minimum atomic E-state index is -2.75. The number of ether oxygens (including phenoxy) is 2. The molecular formula is C27H34F4N2O5. The van der Waals surface area contributed by atoms with Gasteiger partial charge in [0.1, 0.15) is 12.4 Å². The van der Waals surface area contributed by atoms with Crippen molar-refractivity contribution in [3.63, 3.8) is 0 Å². The van der Waals surface area contributed by atoms with Crippen LogP contribution in [0.5, 0.6) is 5.75 Å². The summed E-state index contributed by atoms with van der Waals surface area (Å²) in [6.07, 6.45) is 0.269. The van der Waals surface area contributed by atoms with Gasteiger partial charge in [-0.05, 0) is 56.5 Å². The van der Waals surface area contributed by atoms with E-state index < -0.39 is 35.7 Å². The number of halogens is 4. The molecule has 0 aliphatic heterocycles. The first-order chi connectivity index (χ1) is 18.0. The van der Waals surface area contributed by atoms with Crippen LogP contribution in [-0.2, 0) is 16.0 Å². The van der Waals surface area contributed by atoms with Crippen LogP contribution in [0.15, 0.2) is 42.5 Å². The normalized spacial score (nSPS) is 12.2. The largest absolute Gasteiger partial charge is 0.492 e. The molecule has 2 rings (SSSR count). The lowest BCUT2D eigenvalue weighted by Crippen LogP contribution is -2.38. The molecule has 2 amide bonds. The second-order valence-corrected chi connectivity index (χ2v) is 8.91. The number of amides is 2. The van der Waals surface area contributed by atoms with Crippen molar-refractivity contribution in [2.45, 2.75) is 58.0 Å². The van der Waals surface area contributed by atoms with E-state index in [0.717, 1.165) is 24.6 Å². The maximum Gasteiger partial charge on any atom is 0.333 e. The van der Waals surface area contributed by atoms with Gasteiger partial charge in [0.05, 0.1) is 6.54 Å². The van der Waals surface area contributed by atoms with Crippen LogP contribution >= 0.6 is 0 Å². The summed E-state index contributed by atoms with van der Waals surface area (Å²) in [6, 6.07) is 9.24. The summed E-state index contributed by atoms with van der Waals surface area (Å²) in [4.78, 5) is 25.5. The monoisotopic (exact) mass is 542 g/mol. The highest BCUT2D eigenvalue weighted by Gasteiger charge is 2.20. The molecule has 0 fully saturated rings. The summed E-state index contributed by atoms with van der Waals surface area (Å²) >= 11 is 0. The number of carboxylic acid groups (broad SMARTS) is 1. The van der Waals surface area contributed by atoms with Crippen LogP contribution in [0.1, 0.15) is 45.1 Å². The predicted octanol–water partition coefficient (Wildman–Crippen LogP) is 6.13. The van der Waals surface area contributed by atoms with Crippen molar-refractivity contribution in [1.29, 1.82) is 0 Å². The van der Waals surface area contributed by atoms with Gasteiger partial charge in [-0.25, -0.2) is 27.2 Å². The third-order valence-electron chi connectivity index (χ3n) is 5.62. The number of unbranched alkanes of at least 4 members (excludes halogenated alkanes) is 2. The molecule has 11 heteroatoms. The fourth-order valence-corrected chi connectivity index (χ4v) is 3.63. The Balaban J connectivity index is 1.94. The standard InChI is InChI=1S/C27H34F4N2O5/c1-3-37-24(25(34)35)17-19-7-10-21(11-8-19)38-16-15-33(14-6-4-5-13-27(2,30)31)26(36)32-20-9-12-22(28)23(29)18-20/h7-12,18,24H,3-6,13-17H2,1-2H3,(H,32,36)(H,34,35). The van der Waals surface area contributed by atoms with Crippen LogP contribution in [0.2, 0.25) is 0 Å². The zero-order valence-electron chi connectivity index (χ0n) is 21.5. The lowest BCUT2D eigenvalue weighted by atomic mass is 10.1. The van der Waals surface area contributed by atoms with Gasteiger partial charge in [-0.1, -0.05) is 18.6 Å². The number of aliphatic carboxylic acids is 1. The summed E-state index contributed by atoms with van der Waals surface area (Å²) in [5.74, 6) is -5.42. The number of hydrogen-bond donors (Lipinski definition) is 2. The lowest BCUT2D eigenvalue weighted by molar-refractivity contribution is -0.149. The number of carbonyl (C=O) groups excluding carboxylic acids is 1. The van der Waals surface area contributed by atoms with Crippen LogP contribution < -0.4 is 10.1 Å². The Morgan fingerprint density at radius 3 is 2.34 bits per heavy atom. The molecule has 1 unspecified atom stereocenters. The third kappa shape index (κ3) is 11.4. The lowest BCUT2D eigenvalue weighted by Gasteiger charge is -2.23. The highest BCUT2D eigenvalue weighted by atomic mass is 19.3. The summed E-state index contributed by atoms with van der Waals surface area (Å²) in [6.45, 7) is 3.37. The molecule has 2 aromatic rings. The van der Waals surface area contributed by atoms with Crippen molar-refractivity contribution in [1.82, 2.24) is 4.90 Å². The Bertz CT molecular complexity index is 1030. The van der Waals surface area contributed by atoms with E-state index in [2.05, 4.69) is 5.32 Å². The number of nitrogens with one attached hydrogen (secondary N) is 1. The van der Waals surface area contributed by atoms with Gasteiger partial charge in [0.2, 0.25) is 5.92 Å². The Labute approximate surface area is 219 Å². The zero-order valence-corrected chi connectivity index (χ0v) is 21.5. The zero-order chi connectivity index (χ0) is 28.1. The number of benzene rings is 2. The Morgan fingerprint density at radius 2 is 1.74 bits per heavy atom. The molecule has 0 bridgehead atoms. The second-order valence-electron chi connectivity index (χ2n) is 8.91.